The van der Waals surface area contributed by atoms with Gasteiger partial charge in [-0.3, -0.25) is 4.79 Å². The smallest absolute Gasteiger partial charge is 0.294 e. The minimum Gasteiger partial charge on any atom is -0.449 e. The molecule has 0 aliphatic carbocycles. The van der Waals surface area contributed by atoms with Crippen LogP contribution in [-0.2, 0) is 0 Å². The maximum atomic E-state index is 12.2. The summed E-state index contributed by atoms with van der Waals surface area (Å²) in [4.78, 5) is 19.7. The lowest BCUT2D eigenvalue weighted by Crippen LogP contribution is -2.16. The highest BCUT2D eigenvalue weighted by atomic mass is 79.9. The molecular formula is C14H12BrN3O2. The van der Waals surface area contributed by atoms with Gasteiger partial charge < -0.3 is 14.7 Å². The lowest BCUT2D eigenvalue weighted by atomic mass is 10.1. The standard InChI is InChI=1S/C14H12BrN3O2/c15-8-1-2-10-9(5-8)11-12(20-10)14(19)18-13(17-11)7-3-4-16-6-7/h1-2,5,7,16H,3-4,6H2,(H,17,18,19). The van der Waals surface area contributed by atoms with Crippen molar-refractivity contribution in [3.63, 3.8) is 0 Å². The number of aromatic nitrogens is 2. The first-order chi connectivity index (χ1) is 9.72. The fourth-order valence-corrected chi connectivity index (χ4v) is 3.09. The van der Waals surface area contributed by atoms with Crippen LogP contribution in [0.3, 0.4) is 0 Å². The summed E-state index contributed by atoms with van der Waals surface area (Å²) in [6, 6.07) is 5.67. The molecule has 2 aromatic heterocycles. The molecule has 1 unspecified atom stereocenters. The van der Waals surface area contributed by atoms with E-state index in [1.807, 2.05) is 18.2 Å². The molecule has 3 aromatic rings. The maximum absolute atomic E-state index is 12.2. The summed E-state index contributed by atoms with van der Waals surface area (Å²) >= 11 is 3.44. The zero-order chi connectivity index (χ0) is 13.7. The molecule has 4 rings (SSSR count). The van der Waals surface area contributed by atoms with Crippen molar-refractivity contribution in [2.75, 3.05) is 13.1 Å². The van der Waals surface area contributed by atoms with Crippen molar-refractivity contribution in [2.24, 2.45) is 0 Å². The number of hydrogen-bond acceptors (Lipinski definition) is 4. The summed E-state index contributed by atoms with van der Waals surface area (Å²) in [7, 11) is 0. The summed E-state index contributed by atoms with van der Waals surface area (Å²) in [5.41, 5.74) is 1.42. The molecule has 0 saturated carbocycles. The van der Waals surface area contributed by atoms with Crippen LogP contribution in [0.1, 0.15) is 18.2 Å². The highest BCUT2D eigenvalue weighted by molar-refractivity contribution is 9.10. The molecule has 5 nitrogen and oxygen atoms in total. The van der Waals surface area contributed by atoms with E-state index in [-0.39, 0.29) is 11.5 Å². The van der Waals surface area contributed by atoms with E-state index in [1.165, 1.54) is 0 Å². The monoisotopic (exact) mass is 333 g/mol. The minimum atomic E-state index is -0.204. The highest BCUT2D eigenvalue weighted by Gasteiger charge is 2.21. The third-order valence-electron chi connectivity index (χ3n) is 3.75. The number of furan rings is 1. The minimum absolute atomic E-state index is 0.204. The second kappa shape index (κ2) is 4.43. The molecule has 1 fully saturated rings. The van der Waals surface area contributed by atoms with Crippen LogP contribution in [0, 0.1) is 0 Å². The number of fused-ring (bicyclic) bond motifs is 3. The third kappa shape index (κ3) is 1.79. The van der Waals surface area contributed by atoms with E-state index >= 15 is 0 Å². The van der Waals surface area contributed by atoms with Crippen molar-refractivity contribution in [1.29, 1.82) is 0 Å². The Morgan fingerprint density at radius 3 is 3.10 bits per heavy atom. The van der Waals surface area contributed by atoms with E-state index in [9.17, 15) is 4.79 Å². The first kappa shape index (κ1) is 12.1. The number of benzene rings is 1. The number of hydrogen-bond donors (Lipinski definition) is 2. The molecule has 1 atom stereocenters. The van der Waals surface area contributed by atoms with Crippen LogP contribution in [-0.4, -0.2) is 23.1 Å². The zero-order valence-corrected chi connectivity index (χ0v) is 12.2. The first-order valence-electron chi connectivity index (χ1n) is 6.55. The lowest BCUT2D eigenvalue weighted by molar-refractivity contribution is 0.651. The average Bonchev–Trinajstić information content (AvgIpc) is 3.06. The molecule has 0 radical (unpaired) electrons. The van der Waals surface area contributed by atoms with Gasteiger partial charge in [0.2, 0.25) is 5.58 Å². The van der Waals surface area contributed by atoms with Crippen LogP contribution in [0.4, 0.5) is 0 Å². The van der Waals surface area contributed by atoms with Gasteiger partial charge in [-0.1, -0.05) is 15.9 Å². The summed E-state index contributed by atoms with van der Waals surface area (Å²) in [6.45, 7) is 1.82. The van der Waals surface area contributed by atoms with Crippen molar-refractivity contribution in [3.8, 4) is 0 Å². The molecule has 3 heterocycles. The molecule has 0 amide bonds. The van der Waals surface area contributed by atoms with Crippen LogP contribution in [0.2, 0.25) is 0 Å². The van der Waals surface area contributed by atoms with Gasteiger partial charge in [0, 0.05) is 22.3 Å². The van der Waals surface area contributed by atoms with Gasteiger partial charge in [-0.05, 0) is 31.2 Å². The number of halogens is 1. The fourth-order valence-electron chi connectivity index (χ4n) is 2.72. The Balaban J connectivity index is 2.03. The predicted octanol–water partition coefficient (Wildman–Crippen LogP) is 2.51. The van der Waals surface area contributed by atoms with E-state index in [0.717, 1.165) is 35.2 Å². The number of nitrogens with zero attached hydrogens (tertiary/aromatic N) is 1. The molecule has 102 valence electrons. The first-order valence-corrected chi connectivity index (χ1v) is 7.34. The van der Waals surface area contributed by atoms with E-state index in [1.54, 1.807) is 0 Å². The second-order valence-corrected chi connectivity index (χ2v) is 5.98. The van der Waals surface area contributed by atoms with Crippen LogP contribution in [0.5, 0.6) is 0 Å². The van der Waals surface area contributed by atoms with Gasteiger partial charge in [0.25, 0.3) is 5.56 Å². The predicted molar refractivity (Wildman–Crippen MR) is 80.1 cm³/mol. The van der Waals surface area contributed by atoms with Crippen molar-refractivity contribution in [3.05, 3.63) is 38.9 Å². The molecule has 0 bridgehead atoms. The molecule has 1 aromatic carbocycles. The van der Waals surface area contributed by atoms with Crippen LogP contribution < -0.4 is 10.9 Å². The molecule has 1 aliphatic rings. The molecule has 1 aliphatic heterocycles. The summed E-state index contributed by atoms with van der Waals surface area (Å²) in [6.07, 6.45) is 0.994. The van der Waals surface area contributed by atoms with E-state index < -0.39 is 0 Å². The number of rotatable bonds is 1. The molecule has 2 N–H and O–H groups in total. The van der Waals surface area contributed by atoms with Gasteiger partial charge >= 0.3 is 0 Å². The Labute approximate surface area is 122 Å². The largest absolute Gasteiger partial charge is 0.449 e. The van der Waals surface area contributed by atoms with Crippen molar-refractivity contribution in [2.45, 2.75) is 12.3 Å². The summed E-state index contributed by atoms with van der Waals surface area (Å²) < 4.78 is 6.56. The SMILES string of the molecule is O=c1[nH]c(C2CCNC2)nc2c1oc1ccc(Br)cc12. The van der Waals surface area contributed by atoms with Gasteiger partial charge in [-0.2, -0.15) is 0 Å². The number of nitrogens with one attached hydrogen (secondary N) is 2. The highest BCUT2D eigenvalue weighted by Crippen LogP contribution is 2.29. The molecule has 0 spiro atoms. The Kier molecular flexibility index (Phi) is 2.68. The van der Waals surface area contributed by atoms with Crippen LogP contribution in [0.15, 0.2) is 31.9 Å². The molecule has 1 saturated heterocycles. The van der Waals surface area contributed by atoms with Gasteiger partial charge in [0.15, 0.2) is 0 Å². The topological polar surface area (TPSA) is 70.9 Å². The Morgan fingerprint density at radius 2 is 2.30 bits per heavy atom. The van der Waals surface area contributed by atoms with E-state index in [4.69, 9.17) is 4.42 Å². The quantitative estimate of drug-likeness (QED) is 0.717. The number of aromatic amines is 1. The van der Waals surface area contributed by atoms with Crippen LogP contribution in [0.25, 0.3) is 22.1 Å². The molecule has 6 heteroatoms. The summed E-state index contributed by atoms with van der Waals surface area (Å²) in [5.74, 6) is 1.01. The molecular weight excluding hydrogens is 322 g/mol. The summed E-state index contributed by atoms with van der Waals surface area (Å²) in [5, 5.41) is 4.15. The Hall–Kier alpha value is -1.66. The third-order valence-corrected chi connectivity index (χ3v) is 4.24. The van der Waals surface area contributed by atoms with E-state index in [0.29, 0.717) is 16.7 Å². The second-order valence-electron chi connectivity index (χ2n) is 5.06. The van der Waals surface area contributed by atoms with Crippen molar-refractivity contribution < 1.29 is 4.42 Å². The fraction of sp³-hybridized carbons (Fsp3) is 0.286. The zero-order valence-electron chi connectivity index (χ0n) is 10.6. The maximum Gasteiger partial charge on any atom is 0.294 e. The van der Waals surface area contributed by atoms with Crippen LogP contribution >= 0.6 is 15.9 Å². The van der Waals surface area contributed by atoms with Gasteiger partial charge in [-0.25, -0.2) is 4.98 Å². The number of H-pyrrole nitrogens is 1. The van der Waals surface area contributed by atoms with Gasteiger partial charge in [-0.15, -0.1) is 0 Å². The molecule has 20 heavy (non-hydrogen) atoms. The van der Waals surface area contributed by atoms with E-state index in [2.05, 4.69) is 31.2 Å². The van der Waals surface area contributed by atoms with Crippen molar-refractivity contribution >= 4 is 38.0 Å². The van der Waals surface area contributed by atoms with Gasteiger partial charge in [0.05, 0.1) is 0 Å². The lowest BCUT2D eigenvalue weighted by Gasteiger charge is -2.06. The Morgan fingerprint density at radius 1 is 1.40 bits per heavy atom. The Bertz CT molecular complexity index is 862. The van der Waals surface area contributed by atoms with Gasteiger partial charge in [0.1, 0.15) is 16.9 Å². The van der Waals surface area contributed by atoms with Crippen molar-refractivity contribution in [1.82, 2.24) is 15.3 Å². The average molecular weight is 334 g/mol. The normalized spacial score (nSPS) is 19.1.